The van der Waals surface area contributed by atoms with Crippen molar-refractivity contribution in [2.24, 2.45) is 5.92 Å². The van der Waals surface area contributed by atoms with E-state index in [4.69, 9.17) is 0 Å². The lowest BCUT2D eigenvalue weighted by Gasteiger charge is -2.23. The number of aromatic nitrogens is 2. The Balaban J connectivity index is 1.53. The first kappa shape index (κ1) is 11.0. The van der Waals surface area contributed by atoms with E-state index in [0.29, 0.717) is 23.6 Å². The molecule has 3 atom stereocenters. The number of rotatable bonds is 2. The standard InChI is InChI=1S/C14H16N4O/c19-14(17-12-6-11-5-10(12)7-16-11)9-1-2-13-15-3-4-18(13)8-9/h1-4,8,10-12,16H,5-7H2,(H,17,19)/t10-,11+,12-/m0/s1. The molecular formula is C14H16N4O. The number of fused-ring (bicyclic) bond motifs is 3. The molecule has 1 aliphatic carbocycles. The van der Waals surface area contributed by atoms with Crippen LogP contribution in [0.25, 0.3) is 5.65 Å². The number of imidazole rings is 1. The van der Waals surface area contributed by atoms with E-state index in [2.05, 4.69) is 15.6 Å². The Bertz CT molecular complexity index is 635. The van der Waals surface area contributed by atoms with Crippen LogP contribution in [0.1, 0.15) is 23.2 Å². The molecule has 2 N–H and O–H groups in total. The van der Waals surface area contributed by atoms with Gasteiger partial charge in [0.2, 0.25) is 0 Å². The highest BCUT2D eigenvalue weighted by molar-refractivity contribution is 5.94. The third-order valence-electron chi connectivity index (χ3n) is 4.33. The van der Waals surface area contributed by atoms with Crippen LogP contribution in [-0.4, -0.2) is 33.9 Å². The van der Waals surface area contributed by atoms with Crippen molar-refractivity contribution in [1.82, 2.24) is 20.0 Å². The largest absolute Gasteiger partial charge is 0.349 e. The van der Waals surface area contributed by atoms with Gasteiger partial charge in [0.25, 0.3) is 5.91 Å². The average molecular weight is 256 g/mol. The molecular weight excluding hydrogens is 240 g/mol. The Labute approximate surface area is 111 Å². The molecule has 0 aromatic carbocycles. The number of nitrogens with zero attached hydrogens (tertiary/aromatic N) is 2. The van der Waals surface area contributed by atoms with Crippen molar-refractivity contribution in [2.75, 3.05) is 6.54 Å². The summed E-state index contributed by atoms with van der Waals surface area (Å²) in [4.78, 5) is 16.5. The smallest absolute Gasteiger partial charge is 0.253 e. The van der Waals surface area contributed by atoms with E-state index >= 15 is 0 Å². The molecule has 1 saturated heterocycles. The normalized spacial score (nSPS) is 28.9. The second kappa shape index (κ2) is 4.06. The van der Waals surface area contributed by atoms with E-state index < -0.39 is 0 Å². The van der Waals surface area contributed by atoms with Gasteiger partial charge in [-0.15, -0.1) is 0 Å². The summed E-state index contributed by atoms with van der Waals surface area (Å²) in [7, 11) is 0. The number of pyridine rings is 1. The van der Waals surface area contributed by atoms with Gasteiger partial charge in [0, 0.05) is 37.2 Å². The summed E-state index contributed by atoms with van der Waals surface area (Å²) in [6.07, 6.45) is 7.69. The van der Waals surface area contributed by atoms with Gasteiger partial charge in [0.15, 0.2) is 0 Å². The molecule has 1 saturated carbocycles. The summed E-state index contributed by atoms with van der Waals surface area (Å²) in [6, 6.07) is 4.64. The Morgan fingerprint density at radius 2 is 2.37 bits per heavy atom. The van der Waals surface area contributed by atoms with E-state index in [9.17, 15) is 4.79 Å². The Morgan fingerprint density at radius 1 is 1.42 bits per heavy atom. The van der Waals surface area contributed by atoms with Crippen LogP contribution in [0.2, 0.25) is 0 Å². The number of carbonyl (C=O) groups excluding carboxylic acids is 1. The van der Waals surface area contributed by atoms with Gasteiger partial charge in [0.05, 0.1) is 5.56 Å². The fourth-order valence-electron chi connectivity index (χ4n) is 3.32. The second-order valence-corrected chi connectivity index (χ2v) is 5.53. The lowest BCUT2D eigenvalue weighted by molar-refractivity contribution is 0.0924. The first-order valence-corrected chi connectivity index (χ1v) is 6.76. The molecule has 4 rings (SSSR count). The molecule has 0 unspecified atom stereocenters. The predicted molar refractivity (Wildman–Crippen MR) is 71.0 cm³/mol. The second-order valence-electron chi connectivity index (χ2n) is 5.53. The minimum absolute atomic E-state index is 0.0214. The molecule has 1 amide bonds. The first-order chi connectivity index (χ1) is 9.29. The van der Waals surface area contributed by atoms with E-state index in [1.807, 2.05) is 28.9 Å². The maximum atomic E-state index is 12.3. The number of carbonyl (C=O) groups is 1. The number of piperidine rings is 1. The van der Waals surface area contributed by atoms with Gasteiger partial charge >= 0.3 is 0 Å². The number of amides is 1. The summed E-state index contributed by atoms with van der Waals surface area (Å²) >= 11 is 0. The molecule has 2 aromatic heterocycles. The molecule has 98 valence electrons. The van der Waals surface area contributed by atoms with Gasteiger partial charge < -0.3 is 15.0 Å². The van der Waals surface area contributed by atoms with Gasteiger partial charge in [-0.2, -0.15) is 0 Å². The highest BCUT2D eigenvalue weighted by Gasteiger charge is 2.40. The summed E-state index contributed by atoms with van der Waals surface area (Å²) in [5.74, 6) is 0.624. The summed E-state index contributed by atoms with van der Waals surface area (Å²) in [6.45, 7) is 1.04. The lowest BCUT2D eigenvalue weighted by Crippen LogP contribution is -2.44. The fraction of sp³-hybridized carbons (Fsp3) is 0.429. The van der Waals surface area contributed by atoms with Gasteiger partial charge in [-0.25, -0.2) is 4.98 Å². The molecule has 2 fully saturated rings. The van der Waals surface area contributed by atoms with Crippen LogP contribution in [0, 0.1) is 5.92 Å². The SMILES string of the molecule is O=C(N[C@H]1C[C@H]2C[C@H]1CN2)c1ccc2nccn2c1. The molecule has 5 nitrogen and oxygen atoms in total. The van der Waals surface area contributed by atoms with Crippen LogP contribution >= 0.6 is 0 Å². The monoisotopic (exact) mass is 256 g/mol. The first-order valence-electron chi connectivity index (χ1n) is 6.76. The van der Waals surface area contributed by atoms with Crippen LogP contribution < -0.4 is 10.6 Å². The summed E-state index contributed by atoms with van der Waals surface area (Å²) in [5, 5.41) is 6.63. The van der Waals surface area contributed by atoms with Crippen molar-refractivity contribution in [1.29, 1.82) is 0 Å². The van der Waals surface area contributed by atoms with Crippen LogP contribution in [0.15, 0.2) is 30.7 Å². The van der Waals surface area contributed by atoms with Crippen molar-refractivity contribution >= 4 is 11.6 Å². The summed E-state index contributed by atoms with van der Waals surface area (Å²) in [5.41, 5.74) is 1.56. The zero-order valence-electron chi connectivity index (χ0n) is 10.5. The molecule has 2 aromatic rings. The van der Waals surface area contributed by atoms with Crippen molar-refractivity contribution in [3.05, 3.63) is 36.3 Å². The van der Waals surface area contributed by atoms with E-state index in [0.717, 1.165) is 18.6 Å². The Kier molecular flexibility index (Phi) is 2.35. The molecule has 2 aliphatic rings. The molecule has 1 aliphatic heterocycles. The highest BCUT2D eigenvalue weighted by atomic mass is 16.1. The van der Waals surface area contributed by atoms with Crippen molar-refractivity contribution in [3.63, 3.8) is 0 Å². The molecule has 0 radical (unpaired) electrons. The minimum atomic E-state index is 0.0214. The Hall–Kier alpha value is -1.88. The molecule has 19 heavy (non-hydrogen) atoms. The highest BCUT2D eigenvalue weighted by Crippen LogP contribution is 2.31. The molecule has 3 heterocycles. The summed E-state index contributed by atoms with van der Waals surface area (Å²) < 4.78 is 1.87. The zero-order valence-corrected chi connectivity index (χ0v) is 10.5. The molecule has 5 heteroatoms. The lowest BCUT2D eigenvalue weighted by atomic mass is 10.0. The van der Waals surface area contributed by atoms with E-state index in [1.165, 1.54) is 6.42 Å². The number of nitrogens with one attached hydrogen (secondary N) is 2. The number of hydrogen-bond acceptors (Lipinski definition) is 3. The quantitative estimate of drug-likeness (QED) is 0.836. The maximum Gasteiger partial charge on any atom is 0.253 e. The van der Waals surface area contributed by atoms with E-state index in [-0.39, 0.29) is 5.91 Å². The number of hydrogen-bond donors (Lipinski definition) is 2. The van der Waals surface area contributed by atoms with Gasteiger partial charge in [0.1, 0.15) is 5.65 Å². The van der Waals surface area contributed by atoms with Crippen molar-refractivity contribution < 1.29 is 4.79 Å². The fourth-order valence-corrected chi connectivity index (χ4v) is 3.32. The van der Waals surface area contributed by atoms with E-state index in [1.54, 1.807) is 6.20 Å². The minimum Gasteiger partial charge on any atom is -0.349 e. The maximum absolute atomic E-state index is 12.3. The third kappa shape index (κ3) is 1.81. The van der Waals surface area contributed by atoms with Crippen LogP contribution in [0.4, 0.5) is 0 Å². The van der Waals surface area contributed by atoms with Gasteiger partial charge in [-0.05, 0) is 30.9 Å². The van der Waals surface area contributed by atoms with Gasteiger partial charge in [-0.3, -0.25) is 4.79 Å². The molecule has 0 spiro atoms. The third-order valence-corrected chi connectivity index (χ3v) is 4.33. The van der Waals surface area contributed by atoms with Crippen LogP contribution in [0.5, 0.6) is 0 Å². The molecule has 2 bridgehead atoms. The van der Waals surface area contributed by atoms with Gasteiger partial charge in [-0.1, -0.05) is 0 Å². The van der Waals surface area contributed by atoms with Crippen LogP contribution in [0.3, 0.4) is 0 Å². The Morgan fingerprint density at radius 3 is 3.16 bits per heavy atom. The topological polar surface area (TPSA) is 58.4 Å². The average Bonchev–Trinajstić information content (AvgIpc) is 3.13. The predicted octanol–water partition coefficient (Wildman–Crippen LogP) is 0.814. The van der Waals surface area contributed by atoms with Crippen molar-refractivity contribution in [2.45, 2.75) is 24.9 Å². The van der Waals surface area contributed by atoms with Crippen molar-refractivity contribution in [3.8, 4) is 0 Å². The zero-order chi connectivity index (χ0) is 12.8. The van der Waals surface area contributed by atoms with Crippen LogP contribution in [-0.2, 0) is 0 Å².